The Labute approximate surface area is 169 Å². The van der Waals surface area contributed by atoms with Gasteiger partial charge < -0.3 is 10.2 Å². The summed E-state index contributed by atoms with van der Waals surface area (Å²) in [5.74, 6) is -1.69. The third-order valence-corrected chi connectivity index (χ3v) is 5.00. The van der Waals surface area contributed by atoms with Gasteiger partial charge in [-0.15, -0.1) is 0 Å². The third-order valence-electron chi connectivity index (χ3n) is 5.00. The lowest BCUT2D eigenvalue weighted by atomic mass is 9.96. The van der Waals surface area contributed by atoms with Crippen LogP contribution in [0.1, 0.15) is 18.5 Å². The zero-order chi connectivity index (χ0) is 21.3. The highest BCUT2D eigenvalue weighted by atomic mass is 19.4. The lowest BCUT2D eigenvalue weighted by molar-refractivity contribution is -0.140. The number of nitrogens with zero attached hydrogens (tertiary/aromatic N) is 3. The van der Waals surface area contributed by atoms with Crippen molar-refractivity contribution >= 4 is 28.4 Å². The minimum Gasteiger partial charge on any atom is -0.354 e. The number of amides is 1. The summed E-state index contributed by atoms with van der Waals surface area (Å²) in [4.78, 5) is 22.1. The van der Waals surface area contributed by atoms with Crippen molar-refractivity contribution in [2.75, 3.05) is 23.3 Å². The molecule has 0 bridgehead atoms. The molecule has 2 heterocycles. The van der Waals surface area contributed by atoms with Gasteiger partial charge in [-0.25, -0.2) is 14.4 Å². The first-order valence-corrected chi connectivity index (χ1v) is 9.46. The molecular formula is C21H18F4N4O. The van der Waals surface area contributed by atoms with Crippen molar-refractivity contribution in [3.8, 4) is 0 Å². The molecule has 0 radical (unpaired) electrons. The summed E-state index contributed by atoms with van der Waals surface area (Å²) in [7, 11) is 0. The number of hydrogen-bond donors (Lipinski definition) is 1. The Balaban J connectivity index is 1.61. The molecule has 1 fully saturated rings. The fourth-order valence-electron chi connectivity index (χ4n) is 3.60. The molecule has 1 amide bonds. The van der Waals surface area contributed by atoms with Crippen molar-refractivity contribution in [3.63, 3.8) is 0 Å². The normalized spacial score (nSPS) is 17.2. The topological polar surface area (TPSA) is 58.1 Å². The highest BCUT2D eigenvalue weighted by Crippen LogP contribution is 2.36. The van der Waals surface area contributed by atoms with Gasteiger partial charge in [0.15, 0.2) is 11.5 Å². The predicted octanol–water partition coefficient (Wildman–Crippen LogP) is 4.64. The number of alkyl halides is 3. The second-order valence-electron chi connectivity index (χ2n) is 7.17. The lowest BCUT2D eigenvalue weighted by Gasteiger charge is -2.34. The standard InChI is InChI=1S/C21H18F4N4O/c22-14-6-3-7-15(11-14)26-20(30)13-5-4-10-29(12-13)19-18(21(23,24)25)27-16-8-1-2-9-17(16)28-19/h1-3,6-9,11,13H,4-5,10,12H2,(H,26,30)/t13-/m1/s1. The van der Waals surface area contributed by atoms with Gasteiger partial charge in [-0.3, -0.25) is 4.79 Å². The van der Waals surface area contributed by atoms with Gasteiger partial charge in [0.2, 0.25) is 5.91 Å². The number of nitrogens with one attached hydrogen (secondary N) is 1. The van der Waals surface area contributed by atoms with E-state index in [0.29, 0.717) is 30.6 Å². The minimum atomic E-state index is -4.68. The van der Waals surface area contributed by atoms with Crippen LogP contribution in [-0.4, -0.2) is 29.0 Å². The van der Waals surface area contributed by atoms with Crippen molar-refractivity contribution in [2.24, 2.45) is 5.92 Å². The average Bonchev–Trinajstić information content (AvgIpc) is 2.72. The molecule has 30 heavy (non-hydrogen) atoms. The highest BCUT2D eigenvalue weighted by molar-refractivity contribution is 5.93. The Bertz CT molecular complexity index is 1090. The summed E-state index contributed by atoms with van der Waals surface area (Å²) in [5.41, 5.74) is -0.246. The zero-order valence-corrected chi connectivity index (χ0v) is 15.8. The first-order chi connectivity index (χ1) is 14.3. The number of fused-ring (bicyclic) bond motifs is 1. The van der Waals surface area contributed by atoms with Crippen LogP contribution in [0.25, 0.3) is 11.0 Å². The molecule has 0 spiro atoms. The van der Waals surface area contributed by atoms with Gasteiger partial charge in [0.1, 0.15) is 5.82 Å². The fraction of sp³-hybridized carbons (Fsp3) is 0.286. The number of hydrogen-bond acceptors (Lipinski definition) is 4. The van der Waals surface area contributed by atoms with Crippen LogP contribution in [0.4, 0.5) is 29.1 Å². The van der Waals surface area contributed by atoms with E-state index in [-0.39, 0.29) is 23.8 Å². The summed E-state index contributed by atoms with van der Waals surface area (Å²) in [5, 5.41) is 2.64. The molecule has 4 rings (SSSR count). The summed E-state index contributed by atoms with van der Waals surface area (Å²) < 4.78 is 54.4. The maximum Gasteiger partial charge on any atom is 0.437 e. The molecule has 0 saturated carbocycles. The van der Waals surface area contributed by atoms with Gasteiger partial charge in [0, 0.05) is 18.8 Å². The monoisotopic (exact) mass is 418 g/mol. The van der Waals surface area contributed by atoms with E-state index < -0.39 is 23.6 Å². The molecule has 1 atom stereocenters. The van der Waals surface area contributed by atoms with Crippen LogP contribution in [-0.2, 0) is 11.0 Å². The van der Waals surface area contributed by atoms with Gasteiger partial charge >= 0.3 is 6.18 Å². The molecule has 3 aromatic rings. The van der Waals surface area contributed by atoms with Crippen LogP contribution in [0, 0.1) is 11.7 Å². The Morgan fingerprint density at radius 1 is 1.07 bits per heavy atom. The SMILES string of the molecule is O=C(Nc1cccc(F)c1)[C@@H]1CCCN(c2nc3ccccc3nc2C(F)(F)F)C1. The van der Waals surface area contributed by atoms with Crippen molar-refractivity contribution < 1.29 is 22.4 Å². The first-order valence-electron chi connectivity index (χ1n) is 9.46. The molecule has 1 N–H and O–H groups in total. The molecule has 5 nitrogen and oxygen atoms in total. The molecule has 0 aliphatic carbocycles. The van der Waals surface area contributed by atoms with E-state index in [4.69, 9.17) is 0 Å². The quantitative estimate of drug-likeness (QED) is 0.630. The number of piperidine rings is 1. The third kappa shape index (κ3) is 4.19. The highest BCUT2D eigenvalue weighted by Gasteiger charge is 2.40. The maximum absolute atomic E-state index is 13.7. The first kappa shape index (κ1) is 20.1. The number of para-hydroxylation sites is 2. The van der Waals surface area contributed by atoms with Crippen molar-refractivity contribution in [3.05, 3.63) is 60.0 Å². The lowest BCUT2D eigenvalue weighted by Crippen LogP contribution is -2.42. The van der Waals surface area contributed by atoms with Gasteiger partial charge in [-0.1, -0.05) is 18.2 Å². The van der Waals surface area contributed by atoms with Crippen LogP contribution >= 0.6 is 0 Å². The van der Waals surface area contributed by atoms with Crippen LogP contribution in [0.5, 0.6) is 0 Å². The Kier molecular flexibility index (Phi) is 5.27. The minimum absolute atomic E-state index is 0.0667. The summed E-state index contributed by atoms with van der Waals surface area (Å²) in [6.07, 6.45) is -3.64. The number of benzene rings is 2. The van der Waals surface area contributed by atoms with Crippen LogP contribution in [0.15, 0.2) is 48.5 Å². The number of carbonyl (C=O) groups is 1. The number of aromatic nitrogens is 2. The molecule has 1 aliphatic heterocycles. The summed E-state index contributed by atoms with van der Waals surface area (Å²) in [6, 6.07) is 11.8. The van der Waals surface area contributed by atoms with Gasteiger partial charge in [0.25, 0.3) is 0 Å². The van der Waals surface area contributed by atoms with Crippen LogP contribution in [0.2, 0.25) is 0 Å². The molecule has 1 aromatic heterocycles. The van der Waals surface area contributed by atoms with Gasteiger partial charge in [-0.05, 0) is 43.2 Å². The van der Waals surface area contributed by atoms with E-state index >= 15 is 0 Å². The number of rotatable bonds is 3. The van der Waals surface area contributed by atoms with E-state index in [2.05, 4.69) is 15.3 Å². The van der Waals surface area contributed by atoms with Crippen LogP contribution < -0.4 is 10.2 Å². The smallest absolute Gasteiger partial charge is 0.354 e. The second kappa shape index (κ2) is 7.89. The number of anilines is 2. The Morgan fingerprint density at radius 3 is 2.50 bits per heavy atom. The van der Waals surface area contributed by atoms with Gasteiger partial charge in [-0.2, -0.15) is 13.2 Å². The fourth-order valence-corrected chi connectivity index (χ4v) is 3.60. The van der Waals surface area contributed by atoms with Gasteiger partial charge in [0.05, 0.1) is 17.0 Å². The molecule has 1 saturated heterocycles. The van der Waals surface area contributed by atoms with Crippen LogP contribution in [0.3, 0.4) is 0 Å². The van der Waals surface area contributed by atoms with E-state index in [1.54, 1.807) is 24.3 Å². The molecule has 0 unspecified atom stereocenters. The van der Waals surface area contributed by atoms with E-state index in [9.17, 15) is 22.4 Å². The van der Waals surface area contributed by atoms with Crippen molar-refractivity contribution in [1.29, 1.82) is 0 Å². The maximum atomic E-state index is 13.7. The van der Waals surface area contributed by atoms with E-state index in [1.807, 2.05) is 0 Å². The molecule has 2 aromatic carbocycles. The Hall–Kier alpha value is -3.23. The van der Waals surface area contributed by atoms with Crippen molar-refractivity contribution in [2.45, 2.75) is 19.0 Å². The number of halogens is 4. The summed E-state index contributed by atoms with van der Waals surface area (Å²) >= 11 is 0. The van der Waals surface area contributed by atoms with E-state index in [0.717, 1.165) is 0 Å². The molecule has 156 valence electrons. The van der Waals surface area contributed by atoms with Crippen molar-refractivity contribution in [1.82, 2.24) is 9.97 Å². The largest absolute Gasteiger partial charge is 0.437 e. The molecule has 9 heteroatoms. The zero-order valence-electron chi connectivity index (χ0n) is 15.8. The Morgan fingerprint density at radius 2 is 1.80 bits per heavy atom. The molecule has 1 aliphatic rings. The number of carbonyl (C=O) groups excluding carboxylic acids is 1. The predicted molar refractivity (Wildman–Crippen MR) is 105 cm³/mol. The molecular weight excluding hydrogens is 400 g/mol. The second-order valence-corrected chi connectivity index (χ2v) is 7.17. The van der Waals surface area contributed by atoms with E-state index in [1.165, 1.54) is 29.2 Å². The average molecular weight is 418 g/mol. The summed E-state index contributed by atoms with van der Waals surface area (Å²) in [6.45, 7) is 0.400.